The number of benzene rings is 2. The quantitative estimate of drug-likeness (QED) is 0.810. The number of carbonyl (C=O) groups excluding carboxylic acids is 1. The predicted molar refractivity (Wildman–Crippen MR) is 100 cm³/mol. The molecule has 0 spiro atoms. The van der Waals surface area contributed by atoms with Crippen LogP contribution in [0.15, 0.2) is 42.5 Å². The summed E-state index contributed by atoms with van der Waals surface area (Å²) in [6.45, 7) is 8.49. The van der Waals surface area contributed by atoms with Crippen LogP contribution in [0, 0.1) is 13.8 Å². The molecule has 4 heteroatoms. The minimum Gasteiger partial charge on any atom is -0.348 e. The van der Waals surface area contributed by atoms with Crippen molar-refractivity contribution in [1.82, 2.24) is 10.6 Å². The zero-order valence-corrected chi connectivity index (χ0v) is 15.4. The SMILES string of the molecule is Cc1ccc([C@H](C)NC(=O)CN[C@@H](C)c2ccc(Cl)cc2)cc1C. The van der Waals surface area contributed by atoms with Gasteiger partial charge in [-0.05, 0) is 62.1 Å². The molecule has 0 aromatic heterocycles. The van der Waals surface area contributed by atoms with E-state index >= 15 is 0 Å². The molecule has 0 saturated carbocycles. The molecule has 0 saturated heterocycles. The summed E-state index contributed by atoms with van der Waals surface area (Å²) in [5.41, 5.74) is 4.73. The van der Waals surface area contributed by atoms with Crippen molar-refractivity contribution < 1.29 is 4.79 Å². The first kappa shape index (κ1) is 18.5. The van der Waals surface area contributed by atoms with Crippen molar-refractivity contribution in [1.29, 1.82) is 0 Å². The number of hydrogen-bond donors (Lipinski definition) is 2. The van der Waals surface area contributed by atoms with E-state index in [-0.39, 0.29) is 24.5 Å². The maximum absolute atomic E-state index is 12.2. The number of hydrogen-bond acceptors (Lipinski definition) is 2. The fourth-order valence-electron chi connectivity index (χ4n) is 2.52. The Labute approximate surface area is 149 Å². The standard InChI is InChI=1S/C20H25ClN2O/c1-13-5-6-18(11-14(13)2)16(4)23-20(24)12-22-15(3)17-7-9-19(21)10-8-17/h5-11,15-16,22H,12H2,1-4H3,(H,23,24)/t15-,16-/m0/s1. The number of carbonyl (C=O) groups is 1. The number of amides is 1. The van der Waals surface area contributed by atoms with Crippen molar-refractivity contribution in [3.05, 3.63) is 69.7 Å². The first-order valence-corrected chi connectivity index (χ1v) is 8.60. The first-order chi connectivity index (χ1) is 11.4. The molecule has 0 bridgehead atoms. The van der Waals surface area contributed by atoms with Gasteiger partial charge in [0.1, 0.15) is 0 Å². The van der Waals surface area contributed by atoms with E-state index in [9.17, 15) is 4.79 Å². The van der Waals surface area contributed by atoms with E-state index in [1.165, 1.54) is 11.1 Å². The maximum Gasteiger partial charge on any atom is 0.234 e. The molecule has 0 aliphatic heterocycles. The average molecular weight is 345 g/mol. The van der Waals surface area contributed by atoms with Gasteiger partial charge in [-0.2, -0.15) is 0 Å². The largest absolute Gasteiger partial charge is 0.348 e. The lowest BCUT2D eigenvalue weighted by atomic mass is 10.0. The second-order valence-corrected chi connectivity index (χ2v) is 6.72. The van der Waals surface area contributed by atoms with Crippen molar-refractivity contribution in [3.63, 3.8) is 0 Å². The Morgan fingerprint density at radius 1 is 0.958 bits per heavy atom. The van der Waals surface area contributed by atoms with E-state index in [2.05, 4.69) is 42.7 Å². The highest BCUT2D eigenvalue weighted by Crippen LogP contribution is 2.17. The smallest absolute Gasteiger partial charge is 0.234 e. The monoisotopic (exact) mass is 344 g/mol. The van der Waals surface area contributed by atoms with Gasteiger partial charge in [-0.1, -0.05) is 41.9 Å². The third kappa shape index (κ3) is 5.08. The second kappa shape index (κ2) is 8.32. The van der Waals surface area contributed by atoms with Crippen LogP contribution in [0.5, 0.6) is 0 Å². The molecule has 1 amide bonds. The molecular weight excluding hydrogens is 320 g/mol. The van der Waals surface area contributed by atoms with Crippen molar-refractivity contribution >= 4 is 17.5 Å². The van der Waals surface area contributed by atoms with Crippen molar-refractivity contribution in [3.8, 4) is 0 Å². The van der Waals surface area contributed by atoms with Gasteiger partial charge >= 0.3 is 0 Å². The fraction of sp³-hybridized carbons (Fsp3) is 0.350. The molecule has 0 heterocycles. The van der Waals surface area contributed by atoms with Crippen LogP contribution in [-0.2, 0) is 4.79 Å². The van der Waals surface area contributed by atoms with Crippen LogP contribution >= 0.6 is 11.6 Å². The lowest BCUT2D eigenvalue weighted by Crippen LogP contribution is -2.36. The minimum atomic E-state index is -0.0125. The average Bonchev–Trinajstić information content (AvgIpc) is 2.55. The Morgan fingerprint density at radius 3 is 2.21 bits per heavy atom. The molecule has 2 aromatic carbocycles. The van der Waals surface area contributed by atoms with Gasteiger partial charge in [-0.15, -0.1) is 0 Å². The molecule has 3 nitrogen and oxygen atoms in total. The molecule has 2 atom stereocenters. The Bertz CT molecular complexity index is 697. The molecule has 2 rings (SSSR count). The van der Waals surface area contributed by atoms with Gasteiger partial charge in [0, 0.05) is 11.1 Å². The van der Waals surface area contributed by atoms with Gasteiger partial charge in [0.2, 0.25) is 5.91 Å². The summed E-state index contributed by atoms with van der Waals surface area (Å²) in [4.78, 5) is 12.2. The van der Waals surface area contributed by atoms with Gasteiger partial charge in [0.05, 0.1) is 12.6 Å². The summed E-state index contributed by atoms with van der Waals surface area (Å²) in [5.74, 6) is -0.0125. The van der Waals surface area contributed by atoms with Gasteiger partial charge in [-0.3, -0.25) is 4.79 Å². The number of nitrogens with one attached hydrogen (secondary N) is 2. The molecule has 128 valence electrons. The molecule has 0 unspecified atom stereocenters. The Balaban J connectivity index is 1.86. The molecule has 2 aromatic rings. The molecule has 0 aliphatic carbocycles. The van der Waals surface area contributed by atoms with E-state index in [4.69, 9.17) is 11.6 Å². The number of aryl methyl sites for hydroxylation is 2. The van der Waals surface area contributed by atoms with Crippen molar-refractivity contribution in [2.24, 2.45) is 0 Å². The van der Waals surface area contributed by atoms with Crippen LogP contribution in [0.1, 0.15) is 48.2 Å². The Kier molecular flexibility index (Phi) is 6.41. The Hall–Kier alpha value is -1.84. The third-order valence-corrected chi connectivity index (χ3v) is 4.60. The zero-order chi connectivity index (χ0) is 17.7. The number of halogens is 1. The summed E-state index contributed by atoms with van der Waals surface area (Å²) < 4.78 is 0. The second-order valence-electron chi connectivity index (χ2n) is 6.29. The van der Waals surface area contributed by atoms with Crippen LogP contribution in [0.25, 0.3) is 0 Å². The molecular formula is C20H25ClN2O. The predicted octanol–water partition coefficient (Wildman–Crippen LogP) is 4.48. The number of rotatable bonds is 6. The van der Waals surface area contributed by atoms with Crippen LogP contribution in [0.3, 0.4) is 0 Å². The molecule has 0 fully saturated rings. The Morgan fingerprint density at radius 2 is 1.58 bits per heavy atom. The summed E-state index contributed by atoms with van der Waals surface area (Å²) in [6.07, 6.45) is 0. The topological polar surface area (TPSA) is 41.1 Å². The molecule has 0 aliphatic rings. The van der Waals surface area contributed by atoms with Crippen LogP contribution in [0.4, 0.5) is 0 Å². The van der Waals surface area contributed by atoms with E-state index in [0.29, 0.717) is 5.02 Å². The normalized spacial score (nSPS) is 13.4. The highest BCUT2D eigenvalue weighted by molar-refractivity contribution is 6.30. The molecule has 2 N–H and O–H groups in total. The summed E-state index contributed by atoms with van der Waals surface area (Å²) in [6, 6.07) is 14.0. The van der Waals surface area contributed by atoms with E-state index in [0.717, 1.165) is 11.1 Å². The summed E-state index contributed by atoms with van der Waals surface area (Å²) in [5, 5.41) is 6.99. The first-order valence-electron chi connectivity index (χ1n) is 8.22. The van der Waals surface area contributed by atoms with Crippen LogP contribution in [0.2, 0.25) is 5.02 Å². The lowest BCUT2D eigenvalue weighted by Gasteiger charge is -2.18. The highest BCUT2D eigenvalue weighted by atomic mass is 35.5. The highest BCUT2D eigenvalue weighted by Gasteiger charge is 2.12. The van der Waals surface area contributed by atoms with Crippen molar-refractivity contribution in [2.75, 3.05) is 6.54 Å². The van der Waals surface area contributed by atoms with E-state index < -0.39 is 0 Å². The van der Waals surface area contributed by atoms with E-state index in [1.54, 1.807) is 0 Å². The zero-order valence-electron chi connectivity index (χ0n) is 14.7. The van der Waals surface area contributed by atoms with Gasteiger partial charge in [0.25, 0.3) is 0 Å². The van der Waals surface area contributed by atoms with E-state index in [1.807, 2.05) is 38.1 Å². The third-order valence-electron chi connectivity index (χ3n) is 4.35. The summed E-state index contributed by atoms with van der Waals surface area (Å²) in [7, 11) is 0. The molecule has 24 heavy (non-hydrogen) atoms. The van der Waals surface area contributed by atoms with Gasteiger partial charge < -0.3 is 10.6 Å². The minimum absolute atomic E-state index is 0.00978. The molecule has 0 radical (unpaired) electrons. The maximum atomic E-state index is 12.2. The van der Waals surface area contributed by atoms with Crippen LogP contribution < -0.4 is 10.6 Å². The lowest BCUT2D eigenvalue weighted by molar-refractivity contribution is -0.121. The van der Waals surface area contributed by atoms with Crippen LogP contribution in [-0.4, -0.2) is 12.5 Å². The van der Waals surface area contributed by atoms with Crippen molar-refractivity contribution in [2.45, 2.75) is 39.8 Å². The fourth-order valence-corrected chi connectivity index (χ4v) is 2.65. The van der Waals surface area contributed by atoms with Gasteiger partial charge in [0.15, 0.2) is 0 Å². The van der Waals surface area contributed by atoms with Gasteiger partial charge in [-0.25, -0.2) is 0 Å². The summed E-state index contributed by atoms with van der Waals surface area (Å²) >= 11 is 5.90.